The van der Waals surface area contributed by atoms with E-state index >= 15 is 0 Å². The Kier molecular flexibility index (Phi) is 2.73. The lowest BCUT2D eigenvalue weighted by molar-refractivity contribution is 0.145. The number of nitrogens with zero attached hydrogens (tertiary/aromatic N) is 1. The smallest absolute Gasteiger partial charge is 0.0574 e. The van der Waals surface area contributed by atoms with Gasteiger partial charge in [0.05, 0.1) is 6.10 Å². The molecule has 1 N–H and O–H groups in total. The van der Waals surface area contributed by atoms with Gasteiger partial charge in [-0.25, -0.2) is 0 Å². The third-order valence-corrected chi connectivity index (χ3v) is 2.83. The standard InChI is InChI=1S/C12H17NO/c1-10-3-2-4-11(9-10)13-7-5-12(14)6-8-13/h2-4,9,12,14H,5-8H2,1H3. The van der Waals surface area contributed by atoms with Crippen LogP contribution >= 0.6 is 0 Å². The van der Waals surface area contributed by atoms with Crippen LogP contribution in [0.25, 0.3) is 0 Å². The monoisotopic (exact) mass is 191 g/mol. The third kappa shape index (κ3) is 2.07. The molecule has 0 bridgehead atoms. The molecule has 76 valence electrons. The summed E-state index contributed by atoms with van der Waals surface area (Å²) in [6.45, 7) is 4.07. The highest BCUT2D eigenvalue weighted by Crippen LogP contribution is 2.20. The van der Waals surface area contributed by atoms with Crippen LogP contribution in [0.3, 0.4) is 0 Å². The molecule has 1 aromatic rings. The van der Waals surface area contributed by atoms with Gasteiger partial charge in [0.15, 0.2) is 0 Å². The molecule has 1 aliphatic rings. The predicted octanol–water partition coefficient (Wildman–Crippen LogP) is 1.96. The summed E-state index contributed by atoms with van der Waals surface area (Å²) < 4.78 is 0. The van der Waals surface area contributed by atoms with Gasteiger partial charge in [-0.15, -0.1) is 0 Å². The number of aliphatic hydroxyl groups is 1. The van der Waals surface area contributed by atoms with Crippen molar-refractivity contribution in [1.82, 2.24) is 0 Å². The first-order chi connectivity index (χ1) is 6.75. The molecular formula is C12H17NO. The van der Waals surface area contributed by atoms with Crippen molar-refractivity contribution in [2.45, 2.75) is 25.9 Å². The lowest BCUT2D eigenvalue weighted by Gasteiger charge is -2.31. The molecule has 14 heavy (non-hydrogen) atoms. The Labute approximate surface area is 85.2 Å². The highest BCUT2D eigenvalue weighted by Gasteiger charge is 2.16. The number of aryl methyl sites for hydroxylation is 1. The number of aliphatic hydroxyl groups excluding tert-OH is 1. The van der Waals surface area contributed by atoms with E-state index in [2.05, 4.69) is 36.1 Å². The van der Waals surface area contributed by atoms with Crippen molar-refractivity contribution in [3.63, 3.8) is 0 Å². The summed E-state index contributed by atoms with van der Waals surface area (Å²) in [6, 6.07) is 8.56. The van der Waals surface area contributed by atoms with E-state index in [1.54, 1.807) is 0 Å². The molecule has 0 atom stereocenters. The second-order valence-electron chi connectivity index (χ2n) is 4.06. The topological polar surface area (TPSA) is 23.5 Å². The Morgan fingerprint density at radius 3 is 2.64 bits per heavy atom. The van der Waals surface area contributed by atoms with Crippen LogP contribution in [-0.2, 0) is 0 Å². The minimum atomic E-state index is -0.0870. The lowest BCUT2D eigenvalue weighted by Crippen LogP contribution is -2.35. The molecule has 0 amide bonds. The number of benzene rings is 1. The van der Waals surface area contributed by atoms with Crippen molar-refractivity contribution in [2.75, 3.05) is 18.0 Å². The molecule has 0 spiro atoms. The summed E-state index contributed by atoms with van der Waals surface area (Å²) in [6.07, 6.45) is 1.71. The molecule has 1 fully saturated rings. The van der Waals surface area contributed by atoms with E-state index in [0.717, 1.165) is 25.9 Å². The van der Waals surface area contributed by atoms with Gasteiger partial charge in [0.25, 0.3) is 0 Å². The number of hydrogen-bond acceptors (Lipinski definition) is 2. The molecule has 2 nitrogen and oxygen atoms in total. The fourth-order valence-electron chi connectivity index (χ4n) is 1.95. The van der Waals surface area contributed by atoms with Crippen molar-refractivity contribution in [3.8, 4) is 0 Å². The van der Waals surface area contributed by atoms with Gasteiger partial charge >= 0.3 is 0 Å². The zero-order chi connectivity index (χ0) is 9.97. The first-order valence-electron chi connectivity index (χ1n) is 5.25. The molecular weight excluding hydrogens is 174 g/mol. The first-order valence-corrected chi connectivity index (χ1v) is 5.25. The van der Waals surface area contributed by atoms with Gasteiger partial charge in [-0.2, -0.15) is 0 Å². The Morgan fingerprint density at radius 1 is 1.29 bits per heavy atom. The number of anilines is 1. The van der Waals surface area contributed by atoms with Gasteiger partial charge in [-0.1, -0.05) is 12.1 Å². The van der Waals surface area contributed by atoms with Gasteiger partial charge in [-0.05, 0) is 37.5 Å². The molecule has 0 unspecified atom stereocenters. The molecule has 2 heteroatoms. The average Bonchev–Trinajstić information content (AvgIpc) is 2.19. The van der Waals surface area contributed by atoms with Crippen LogP contribution < -0.4 is 4.90 Å². The molecule has 0 aliphatic carbocycles. The Morgan fingerprint density at radius 2 is 2.00 bits per heavy atom. The maximum atomic E-state index is 9.40. The molecule has 0 radical (unpaired) electrons. The van der Waals surface area contributed by atoms with E-state index in [9.17, 15) is 5.11 Å². The minimum Gasteiger partial charge on any atom is -0.393 e. The van der Waals surface area contributed by atoms with E-state index in [1.165, 1.54) is 11.3 Å². The Hall–Kier alpha value is -1.02. The third-order valence-electron chi connectivity index (χ3n) is 2.83. The summed E-state index contributed by atoms with van der Waals surface area (Å²) in [5.74, 6) is 0. The zero-order valence-electron chi connectivity index (χ0n) is 8.61. The van der Waals surface area contributed by atoms with Crippen LogP contribution in [-0.4, -0.2) is 24.3 Å². The Bertz CT molecular complexity index is 303. The second kappa shape index (κ2) is 4.01. The molecule has 1 heterocycles. The number of piperidine rings is 1. The number of hydrogen-bond donors (Lipinski definition) is 1. The van der Waals surface area contributed by atoms with Crippen LogP contribution in [0.15, 0.2) is 24.3 Å². The van der Waals surface area contributed by atoms with E-state index in [1.807, 2.05) is 0 Å². The van der Waals surface area contributed by atoms with Crippen LogP contribution in [0.5, 0.6) is 0 Å². The van der Waals surface area contributed by atoms with E-state index < -0.39 is 0 Å². The van der Waals surface area contributed by atoms with Crippen LogP contribution in [0.4, 0.5) is 5.69 Å². The van der Waals surface area contributed by atoms with Crippen LogP contribution in [0.2, 0.25) is 0 Å². The lowest BCUT2D eigenvalue weighted by atomic mass is 10.1. The van der Waals surface area contributed by atoms with Gasteiger partial charge in [0, 0.05) is 18.8 Å². The quantitative estimate of drug-likeness (QED) is 0.733. The van der Waals surface area contributed by atoms with Crippen molar-refractivity contribution in [3.05, 3.63) is 29.8 Å². The van der Waals surface area contributed by atoms with E-state index in [-0.39, 0.29) is 6.10 Å². The maximum Gasteiger partial charge on any atom is 0.0574 e. The van der Waals surface area contributed by atoms with Crippen LogP contribution in [0, 0.1) is 6.92 Å². The first kappa shape index (κ1) is 9.53. The molecule has 1 saturated heterocycles. The summed E-state index contributed by atoms with van der Waals surface area (Å²) >= 11 is 0. The predicted molar refractivity (Wildman–Crippen MR) is 58.6 cm³/mol. The molecule has 1 aliphatic heterocycles. The van der Waals surface area contributed by atoms with E-state index in [0.29, 0.717) is 0 Å². The van der Waals surface area contributed by atoms with Crippen molar-refractivity contribution in [2.24, 2.45) is 0 Å². The van der Waals surface area contributed by atoms with Gasteiger partial charge in [0.2, 0.25) is 0 Å². The van der Waals surface area contributed by atoms with Crippen molar-refractivity contribution >= 4 is 5.69 Å². The molecule has 2 rings (SSSR count). The zero-order valence-corrected chi connectivity index (χ0v) is 8.61. The van der Waals surface area contributed by atoms with Crippen LogP contribution in [0.1, 0.15) is 18.4 Å². The normalized spacial score (nSPS) is 18.6. The number of rotatable bonds is 1. The summed E-state index contributed by atoms with van der Waals surface area (Å²) in [4.78, 5) is 2.35. The van der Waals surface area contributed by atoms with E-state index in [4.69, 9.17) is 0 Å². The highest BCUT2D eigenvalue weighted by atomic mass is 16.3. The average molecular weight is 191 g/mol. The molecule has 0 saturated carbocycles. The molecule has 0 aromatic heterocycles. The fraction of sp³-hybridized carbons (Fsp3) is 0.500. The van der Waals surface area contributed by atoms with Crippen molar-refractivity contribution < 1.29 is 5.11 Å². The fourth-order valence-corrected chi connectivity index (χ4v) is 1.95. The van der Waals surface area contributed by atoms with Crippen molar-refractivity contribution in [1.29, 1.82) is 0 Å². The maximum absolute atomic E-state index is 9.40. The minimum absolute atomic E-state index is 0.0870. The second-order valence-corrected chi connectivity index (χ2v) is 4.06. The summed E-state index contributed by atoms with van der Waals surface area (Å²) in [7, 11) is 0. The molecule has 1 aromatic carbocycles. The largest absolute Gasteiger partial charge is 0.393 e. The van der Waals surface area contributed by atoms with Gasteiger partial charge in [0.1, 0.15) is 0 Å². The van der Waals surface area contributed by atoms with Gasteiger partial charge in [-0.3, -0.25) is 0 Å². The van der Waals surface area contributed by atoms with Gasteiger partial charge < -0.3 is 10.0 Å². The highest BCUT2D eigenvalue weighted by molar-refractivity contribution is 5.48. The summed E-state index contributed by atoms with van der Waals surface area (Å²) in [5, 5.41) is 9.40. The SMILES string of the molecule is Cc1cccc(N2CCC(O)CC2)c1. The summed E-state index contributed by atoms with van der Waals surface area (Å²) in [5.41, 5.74) is 2.59. The Balaban J connectivity index is 2.08.